The molecule has 1 aliphatic carbocycles. The summed E-state index contributed by atoms with van der Waals surface area (Å²) in [5.74, 6) is -0.497. The molecule has 3 aliphatic rings. The molecule has 1 atom stereocenters. The average Bonchev–Trinajstić information content (AvgIpc) is 3.12. The molecule has 2 aliphatic heterocycles. The third-order valence-corrected chi connectivity index (χ3v) is 4.90. The molecule has 0 bridgehead atoms. The van der Waals surface area contributed by atoms with Crippen LogP contribution in [0.1, 0.15) is 24.8 Å². The number of rotatable bonds is 0. The smallest absolute Gasteiger partial charge is 0.412 e. The number of hydrogen-bond acceptors (Lipinski definition) is 3. The highest BCUT2D eigenvalue weighted by Crippen LogP contribution is 2.57. The zero-order valence-electron chi connectivity index (χ0n) is 10.8. The van der Waals surface area contributed by atoms with Gasteiger partial charge in [-0.15, -0.1) is 0 Å². The fraction of sp³-hybridized carbons (Fsp3) is 0.500. The lowest BCUT2D eigenvalue weighted by Gasteiger charge is -2.44. The third-order valence-electron chi connectivity index (χ3n) is 4.60. The highest BCUT2D eigenvalue weighted by Gasteiger charge is 2.57. The summed E-state index contributed by atoms with van der Waals surface area (Å²) in [5.41, 5.74) is 0.0364. The zero-order valence-corrected chi connectivity index (χ0v) is 11.5. The number of benzene rings is 1. The van der Waals surface area contributed by atoms with Crippen LogP contribution in [0.3, 0.4) is 0 Å². The molecule has 2 spiro atoms. The maximum absolute atomic E-state index is 14.5. The molecule has 0 radical (unpaired) electrons. The molecule has 6 heteroatoms. The van der Waals surface area contributed by atoms with Crippen molar-refractivity contribution in [1.29, 1.82) is 0 Å². The average molecular weight is 297 g/mol. The van der Waals surface area contributed by atoms with Gasteiger partial charge in [-0.1, -0.05) is 11.6 Å². The van der Waals surface area contributed by atoms with E-state index >= 15 is 0 Å². The fourth-order valence-corrected chi connectivity index (χ4v) is 3.66. The lowest BCUT2D eigenvalue weighted by molar-refractivity contribution is -0.0305. The van der Waals surface area contributed by atoms with Gasteiger partial charge in [-0.25, -0.2) is 9.18 Å². The van der Waals surface area contributed by atoms with Crippen LogP contribution in [0, 0.1) is 11.2 Å². The summed E-state index contributed by atoms with van der Waals surface area (Å²) in [4.78, 5) is 11.8. The maximum Gasteiger partial charge on any atom is 0.412 e. The van der Waals surface area contributed by atoms with Crippen molar-refractivity contribution in [2.24, 2.45) is 5.41 Å². The van der Waals surface area contributed by atoms with E-state index in [1.165, 1.54) is 6.07 Å². The van der Waals surface area contributed by atoms with Crippen molar-refractivity contribution in [2.75, 3.05) is 18.4 Å². The summed E-state index contributed by atoms with van der Waals surface area (Å²) in [7, 11) is 0. The van der Waals surface area contributed by atoms with Crippen LogP contribution in [0.15, 0.2) is 12.1 Å². The van der Waals surface area contributed by atoms with Crippen LogP contribution in [0.25, 0.3) is 0 Å². The van der Waals surface area contributed by atoms with Gasteiger partial charge in [-0.3, -0.25) is 5.32 Å². The molecule has 1 aromatic carbocycles. The predicted molar refractivity (Wildman–Crippen MR) is 72.3 cm³/mol. The molecule has 4 rings (SSSR count). The molecule has 4 nitrogen and oxygen atoms in total. The minimum absolute atomic E-state index is 0.0540. The summed E-state index contributed by atoms with van der Waals surface area (Å²) in [5, 5.41) is 5.91. The van der Waals surface area contributed by atoms with Crippen LogP contribution in [0.2, 0.25) is 5.02 Å². The number of nitrogens with one attached hydrogen (secondary N) is 2. The van der Waals surface area contributed by atoms with E-state index in [1.54, 1.807) is 6.07 Å². The van der Waals surface area contributed by atoms with Crippen LogP contribution < -0.4 is 10.6 Å². The van der Waals surface area contributed by atoms with Gasteiger partial charge in [-0.05, 0) is 36.8 Å². The van der Waals surface area contributed by atoms with Crippen molar-refractivity contribution in [3.8, 4) is 0 Å². The molecule has 0 unspecified atom stereocenters. The Kier molecular flexibility index (Phi) is 2.40. The van der Waals surface area contributed by atoms with Gasteiger partial charge in [-0.2, -0.15) is 0 Å². The first-order valence-corrected chi connectivity index (χ1v) is 7.11. The van der Waals surface area contributed by atoms with Gasteiger partial charge in [0.2, 0.25) is 0 Å². The highest BCUT2D eigenvalue weighted by atomic mass is 35.5. The summed E-state index contributed by atoms with van der Waals surface area (Å²) in [6.45, 7) is 1.32. The number of amides is 1. The SMILES string of the molecule is O=C1Nc2ccc(Cl)c(F)c2[C@]2(CNCC3(CC3)C2)O1. The predicted octanol–water partition coefficient (Wildman–Crippen LogP) is 3.01. The highest BCUT2D eigenvalue weighted by molar-refractivity contribution is 6.31. The number of halogens is 2. The molecule has 2 fully saturated rings. The van der Waals surface area contributed by atoms with E-state index in [9.17, 15) is 9.18 Å². The van der Waals surface area contributed by atoms with Crippen LogP contribution >= 0.6 is 11.6 Å². The van der Waals surface area contributed by atoms with Crippen molar-refractivity contribution < 1.29 is 13.9 Å². The number of fused-ring (bicyclic) bond motifs is 2. The van der Waals surface area contributed by atoms with E-state index in [0.717, 1.165) is 19.4 Å². The Morgan fingerprint density at radius 1 is 1.30 bits per heavy atom. The Morgan fingerprint density at radius 2 is 2.10 bits per heavy atom. The van der Waals surface area contributed by atoms with Gasteiger partial charge in [0.25, 0.3) is 0 Å². The van der Waals surface area contributed by atoms with E-state index < -0.39 is 17.5 Å². The summed E-state index contributed by atoms with van der Waals surface area (Å²) in [6, 6.07) is 3.09. The van der Waals surface area contributed by atoms with Gasteiger partial charge in [0, 0.05) is 13.1 Å². The Labute approximate surface area is 120 Å². The summed E-state index contributed by atoms with van der Waals surface area (Å²) >= 11 is 5.91. The van der Waals surface area contributed by atoms with Gasteiger partial charge in [0.15, 0.2) is 11.4 Å². The summed E-state index contributed by atoms with van der Waals surface area (Å²) < 4.78 is 20.1. The number of ether oxygens (including phenoxy) is 1. The second-order valence-electron chi connectivity index (χ2n) is 6.07. The fourth-order valence-electron chi connectivity index (χ4n) is 3.50. The molecular formula is C14H14ClFN2O2. The largest absolute Gasteiger partial charge is 0.436 e. The van der Waals surface area contributed by atoms with Crippen LogP contribution in [0.5, 0.6) is 0 Å². The quantitative estimate of drug-likeness (QED) is 0.774. The van der Waals surface area contributed by atoms with Crippen LogP contribution in [-0.4, -0.2) is 19.2 Å². The van der Waals surface area contributed by atoms with E-state index in [2.05, 4.69) is 10.6 Å². The molecule has 106 valence electrons. The second-order valence-corrected chi connectivity index (χ2v) is 6.48. The Bertz CT molecular complexity index is 617. The minimum Gasteiger partial charge on any atom is -0.436 e. The zero-order chi connectivity index (χ0) is 14.0. The Hall–Kier alpha value is -1.33. The number of carbonyl (C=O) groups excluding carboxylic acids is 1. The van der Waals surface area contributed by atoms with E-state index in [1.807, 2.05) is 0 Å². The molecule has 2 heterocycles. The first-order valence-electron chi connectivity index (χ1n) is 6.73. The maximum atomic E-state index is 14.5. The molecule has 0 aromatic heterocycles. The lowest BCUT2D eigenvalue weighted by atomic mass is 9.78. The van der Waals surface area contributed by atoms with E-state index in [0.29, 0.717) is 24.2 Å². The second kappa shape index (κ2) is 3.86. The van der Waals surface area contributed by atoms with Crippen LogP contribution in [0.4, 0.5) is 14.9 Å². The molecule has 2 N–H and O–H groups in total. The lowest BCUT2D eigenvalue weighted by Crippen LogP contribution is -2.54. The van der Waals surface area contributed by atoms with Gasteiger partial charge in [0.1, 0.15) is 0 Å². The Morgan fingerprint density at radius 3 is 2.85 bits per heavy atom. The molecule has 1 amide bonds. The topological polar surface area (TPSA) is 50.4 Å². The van der Waals surface area contributed by atoms with E-state index in [-0.39, 0.29) is 10.4 Å². The van der Waals surface area contributed by atoms with Gasteiger partial charge < -0.3 is 10.1 Å². The van der Waals surface area contributed by atoms with E-state index in [4.69, 9.17) is 16.3 Å². The molecule has 1 saturated heterocycles. The molecule has 1 saturated carbocycles. The first-order chi connectivity index (χ1) is 9.54. The third kappa shape index (κ3) is 1.66. The van der Waals surface area contributed by atoms with Crippen molar-refractivity contribution in [3.05, 3.63) is 28.5 Å². The summed E-state index contributed by atoms with van der Waals surface area (Å²) in [6.07, 6.45) is 2.30. The standard InChI is InChI=1S/C14H14ClFN2O2/c15-8-1-2-9-10(11(8)16)14(20-12(19)18-9)5-13(3-4-13)6-17-7-14/h1-2,17H,3-7H2,(H,18,19)/t14-/m0/s1. The molecular weight excluding hydrogens is 283 g/mol. The number of anilines is 1. The monoisotopic (exact) mass is 296 g/mol. The van der Waals surface area contributed by atoms with Crippen molar-refractivity contribution in [3.63, 3.8) is 0 Å². The Balaban J connectivity index is 1.89. The number of carbonyl (C=O) groups is 1. The molecule has 20 heavy (non-hydrogen) atoms. The van der Waals surface area contributed by atoms with Crippen molar-refractivity contribution in [1.82, 2.24) is 5.32 Å². The molecule has 1 aromatic rings. The van der Waals surface area contributed by atoms with Crippen molar-refractivity contribution >= 4 is 23.4 Å². The normalized spacial score (nSPS) is 29.8. The first kappa shape index (κ1) is 12.4. The van der Waals surface area contributed by atoms with Crippen LogP contribution in [-0.2, 0) is 10.3 Å². The minimum atomic E-state index is -0.943. The number of piperidine rings is 1. The van der Waals surface area contributed by atoms with Crippen molar-refractivity contribution in [2.45, 2.75) is 24.9 Å². The number of hydrogen-bond donors (Lipinski definition) is 2. The van der Waals surface area contributed by atoms with Gasteiger partial charge >= 0.3 is 6.09 Å². The van der Waals surface area contributed by atoms with Gasteiger partial charge in [0.05, 0.1) is 16.3 Å².